The van der Waals surface area contributed by atoms with Crippen LogP contribution in [-0.2, 0) is 4.79 Å². The molecule has 1 saturated carbocycles. The first-order valence-corrected chi connectivity index (χ1v) is 8.37. The lowest BCUT2D eigenvalue weighted by Crippen LogP contribution is -2.42. The molecule has 1 aromatic heterocycles. The number of aromatic amines is 1. The molecule has 6 nitrogen and oxygen atoms in total. The Kier molecular flexibility index (Phi) is 2.56. The molecule has 3 aliphatic rings. The summed E-state index contributed by atoms with van der Waals surface area (Å²) in [6.07, 6.45) is 2.74. The van der Waals surface area contributed by atoms with Gasteiger partial charge in [-0.1, -0.05) is 13.0 Å². The molecule has 0 atom stereocenters. The normalized spacial score (nSPS) is 20.6. The molecule has 1 amide bonds. The van der Waals surface area contributed by atoms with Crippen LogP contribution in [0.4, 0.5) is 5.69 Å². The monoisotopic (exact) mass is 322 g/mol. The number of nitrogens with zero attached hydrogens (tertiary/aromatic N) is 2. The molecule has 0 spiro atoms. The van der Waals surface area contributed by atoms with Crippen LogP contribution in [0.15, 0.2) is 28.7 Å². The van der Waals surface area contributed by atoms with Gasteiger partial charge in [0.05, 0.1) is 17.6 Å². The fourth-order valence-corrected chi connectivity index (χ4v) is 3.80. The predicted molar refractivity (Wildman–Crippen MR) is 91.4 cm³/mol. The zero-order valence-corrected chi connectivity index (χ0v) is 13.5. The average molecular weight is 322 g/mol. The first kappa shape index (κ1) is 13.8. The molecule has 1 fully saturated rings. The van der Waals surface area contributed by atoms with Crippen molar-refractivity contribution in [2.75, 3.05) is 18.4 Å². The smallest absolute Gasteiger partial charge is 0.272 e. The third kappa shape index (κ3) is 1.79. The second-order valence-electron chi connectivity index (χ2n) is 7.25. The largest absolute Gasteiger partial charge is 0.357 e. The highest BCUT2D eigenvalue weighted by Crippen LogP contribution is 2.47. The Morgan fingerprint density at radius 1 is 1.33 bits per heavy atom. The van der Waals surface area contributed by atoms with Crippen molar-refractivity contribution in [3.63, 3.8) is 0 Å². The van der Waals surface area contributed by atoms with E-state index in [4.69, 9.17) is 0 Å². The molecule has 6 heteroatoms. The molecule has 0 radical (unpaired) electrons. The third-order valence-electron chi connectivity index (χ3n) is 5.54. The SMILES string of the molecule is CC1(C(=O)N2CCC3=C(C2)Nc2cccc4c(=O)[nH]nc3c24)CC1. The maximum absolute atomic E-state index is 12.6. The lowest BCUT2D eigenvalue weighted by atomic mass is 9.93. The second kappa shape index (κ2) is 4.47. The number of anilines is 1. The first-order chi connectivity index (χ1) is 11.6. The Bertz CT molecular complexity index is 984. The molecule has 2 aromatic rings. The Hall–Kier alpha value is -2.63. The van der Waals surface area contributed by atoms with E-state index in [1.54, 1.807) is 0 Å². The second-order valence-corrected chi connectivity index (χ2v) is 7.25. The van der Waals surface area contributed by atoms with E-state index in [1.807, 2.05) is 23.1 Å². The Balaban J connectivity index is 1.59. The van der Waals surface area contributed by atoms with Gasteiger partial charge in [0, 0.05) is 34.3 Å². The summed E-state index contributed by atoms with van der Waals surface area (Å²) >= 11 is 0. The number of hydrogen-bond donors (Lipinski definition) is 2. The van der Waals surface area contributed by atoms with E-state index in [2.05, 4.69) is 22.4 Å². The van der Waals surface area contributed by atoms with E-state index < -0.39 is 0 Å². The van der Waals surface area contributed by atoms with Crippen molar-refractivity contribution in [1.29, 1.82) is 0 Å². The Labute approximate surface area is 138 Å². The molecule has 5 rings (SSSR count). The van der Waals surface area contributed by atoms with E-state index in [1.165, 1.54) is 0 Å². The maximum atomic E-state index is 12.6. The third-order valence-corrected chi connectivity index (χ3v) is 5.54. The van der Waals surface area contributed by atoms with Crippen LogP contribution in [0.2, 0.25) is 0 Å². The Morgan fingerprint density at radius 2 is 2.17 bits per heavy atom. The van der Waals surface area contributed by atoms with Gasteiger partial charge in [0.1, 0.15) is 0 Å². The number of aromatic nitrogens is 2. The zero-order chi connectivity index (χ0) is 16.5. The number of carbonyl (C=O) groups is 1. The quantitative estimate of drug-likeness (QED) is 0.843. The summed E-state index contributed by atoms with van der Waals surface area (Å²) < 4.78 is 0. The molecule has 0 saturated heterocycles. The van der Waals surface area contributed by atoms with Gasteiger partial charge in [0.25, 0.3) is 5.56 Å². The van der Waals surface area contributed by atoms with Gasteiger partial charge >= 0.3 is 0 Å². The van der Waals surface area contributed by atoms with Crippen LogP contribution in [-0.4, -0.2) is 34.1 Å². The van der Waals surface area contributed by atoms with Crippen LogP contribution in [0.1, 0.15) is 31.9 Å². The fraction of sp³-hybridized carbons (Fsp3) is 0.389. The summed E-state index contributed by atoms with van der Waals surface area (Å²) in [6.45, 7) is 3.34. The van der Waals surface area contributed by atoms with Crippen molar-refractivity contribution >= 4 is 27.9 Å². The summed E-state index contributed by atoms with van der Waals surface area (Å²) in [5.74, 6) is 0.259. The predicted octanol–water partition coefficient (Wildman–Crippen LogP) is 2.09. The number of hydrogen-bond acceptors (Lipinski definition) is 4. The fourth-order valence-electron chi connectivity index (χ4n) is 3.80. The maximum Gasteiger partial charge on any atom is 0.272 e. The van der Waals surface area contributed by atoms with E-state index in [0.29, 0.717) is 18.5 Å². The van der Waals surface area contributed by atoms with Gasteiger partial charge < -0.3 is 10.2 Å². The highest BCUT2D eigenvalue weighted by atomic mass is 16.2. The summed E-state index contributed by atoms with van der Waals surface area (Å²) in [6, 6.07) is 5.65. The van der Waals surface area contributed by atoms with Crippen LogP contribution in [0.3, 0.4) is 0 Å². The Morgan fingerprint density at radius 3 is 2.96 bits per heavy atom. The van der Waals surface area contributed by atoms with Gasteiger partial charge in [-0.2, -0.15) is 5.10 Å². The summed E-state index contributed by atoms with van der Waals surface area (Å²) in [5, 5.41) is 11.9. The number of benzene rings is 1. The standard InChI is InChI=1S/C18H18N4O2/c1-18(6-7-18)17(24)22-8-5-10-13(9-22)19-12-4-2-3-11-14(12)15(10)20-21-16(11)23/h2-4,19H,5-9H2,1H3,(H,21,23). The molecular formula is C18H18N4O2. The molecule has 24 heavy (non-hydrogen) atoms. The van der Waals surface area contributed by atoms with Crippen molar-refractivity contribution in [2.45, 2.75) is 26.2 Å². The first-order valence-electron chi connectivity index (χ1n) is 8.37. The van der Waals surface area contributed by atoms with E-state index >= 15 is 0 Å². The lowest BCUT2D eigenvalue weighted by Gasteiger charge is -2.35. The van der Waals surface area contributed by atoms with E-state index in [0.717, 1.165) is 47.3 Å². The molecule has 1 aromatic carbocycles. The number of carbonyl (C=O) groups excluding carboxylic acids is 1. The summed E-state index contributed by atoms with van der Waals surface area (Å²) in [7, 11) is 0. The van der Waals surface area contributed by atoms with Crippen LogP contribution >= 0.6 is 0 Å². The van der Waals surface area contributed by atoms with Crippen molar-refractivity contribution in [2.24, 2.45) is 5.41 Å². The minimum absolute atomic E-state index is 0.145. The average Bonchev–Trinajstić information content (AvgIpc) is 3.35. The molecule has 0 bridgehead atoms. The van der Waals surface area contributed by atoms with Crippen LogP contribution in [0.25, 0.3) is 16.3 Å². The summed E-state index contributed by atoms with van der Waals surface area (Å²) in [5.41, 5.74) is 3.56. The van der Waals surface area contributed by atoms with Gasteiger partial charge in [-0.25, -0.2) is 5.10 Å². The molecule has 2 aliphatic heterocycles. The van der Waals surface area contributed by atoms with Crippen LogP contribution in [0, 0.1) is 5.41 Å². The van der Waals surface area contributed by atoms with Gasteiger partial charge in [0.15, 0.2) is 0 Å². The minimum Gasteiger partial charge on any atom is -0.357 e. The molecule has 0 unspecified atom stereocenters. The van der Waals surface area contributed by atoms with Gasteiger partial charge in [0.2, 0.25) is 5.91 Å². The zero-order valence-electron chi connectivity index (χ0n) is 13.5. The number of fused-ring (bicyclic) bond motifs is 1. The van der Waals surface area contributed by atoms with Crippen molar-refractivity contribution in [3.8, 4) is 0 Å². The lowest BCUT2D eigenvalue weighted by molar-refractivity contribution is -0.136. The van der Waals surface area contributed by atoms with Crippen molar-refractivity contribution < 1.29 is 4.79 Å². The van der Waals surface area contributed by atoms with Crippen LogP contribution < -0.4 is 10.9 Å². The van der Waals surface area contributed by atoms with E-state index in [9.17, 15) is 9.59 Å². The number of nitrogens with one attached hydrogen (secondary N) is 2. The molecular weight excluding hydrogens is 304 g/mol. The van der Waals surface area contributed by atoms with Crippen molar-refractivity contribution in [3.05, 3.63) is 39.9 Å². The van der Waals surface area contributed by atoms with Crippen LogP contribution in [0.5, 0.6) is 0 Å². The van der Waals surface area contributed by atoms with E-state index in [-0.39, 0.29) is 16.9 Å². The molecule has 122 valence electrons. The topological polar surface area (TPSA) is 78.1 Å². The number of H-pyrrole nitrogens is 1. The minimum atomic E-state index is -0.171. The van der Waals surface area contributed by atoms with Gasteiger partial charge in [-0.3, -0.25) is 9.59 Å². The highest BCUT2D eigenvalue weighted by Gasteiger charge is 2.47. The summed E-state index contributed by atoms with van der Waals surface area (Å²) in [4.78, 5) is 26.6. The highest BCUT2D eigenvalue weighted by molar-refractivity contribution is 6.04. The molecule has 3 heterocycles. The molecule has 1 aliphatic carbocycles. The molecule has 2 N–H and O–H groups in total. The number of amides is 1. The van der Waals surface area contributed by atoms with Gasteiger partial charge in [-0.15, -0.1) is 0 Å². The van der Waals surface area contributed by atoms with Crippen molar-refractivity contribution in [1.82, 2.24) is 15.1 Å². The number of rotatable bonds is 1. The van der Waals surface area contributed by atoms with Gasteiger partial charge in [-0.05, 0) is 31.4 Å².